The second kappa shape index (κ2) is 9.71. The van der Waals surface area contributed by atoms with Gasteiger partial charge in [0, 0.05) is 0 Å². The summed E-state index contributed by atoms with van der Waals surface area (Å²) in [7, 11) is 0. The molecule has 0 aliphatic carbocycles. The predicted octanol–water partition coefficient (Wildman–Crippen LogP) is 3.81. The third-order valence-corrected chi connectivity index (χ3v) is 6.61. The molecule has 0 aromatic heterocycles. The first-order valence-corrected chi connectivity index (χ1v) is 12.3. The number of fused-ring (bicyclic) bond motifs is 2. The van der Waals surface area contributed by atoms with E-state index in [2.05, 4.69) is 5.32 Å². The normalized spacial score (nSPS) is 15.4. The summed E-state index contributed by atoms with van der Waals surface area (Å²) >= 11 is 0. The number of amides is 4. The van der Waals surface area contributed by atoms with Gasteiger partial charge in [0.2, 0.25) is 5.91 Å². The number of anilines is 3. The number of benzene rings is 3. The van der Waals surface area contributed by atoms with Crippen LogP contribution in [0.1, 0.15) is 51.8 Å². The molecule has 0 fully saturated rings. The summed E-state index contributed by atoms with van der Waals surface area (Å²) in [6, 6.07) is 17.4. The highest BCUT2D eigenvalue weighted by atomic mass is 16.5. The van der Waals surface area contributed by atoms with Crippen molar-refractivity contribution < 1.29 is 33.4 Å². The fourth-order valence-corrected chi connectivity index (χ4v) is 4.63. The summed E-state index contributed by atoms with van der Waals surface area (Å²) in [6.45, 7) is 4.89. The number of nitrogens with zero attached hydrogens (tertiary/aromatic N) is 2. The van der Waals surface area contributed by atoms with Gasteiger partial charge in [-0.05, 0) is 75.4 Å². The predicted molar refractivity (Wildman–Crippen MR) is 142 cm³/mol. The first-order chi connectivity index (χ1) is 18.6. The number of nitrogens with one attached hydrogen (secondary N) is 1. The van der Waals surface area contributed by atoms with Gasteiger partial charge in [-0.3, -0.25) is 24.1 Å². The van der Waals surface area contributed by atoms with Crippen molar-refractivity contribution in [1.29, 1.82) is 0 Å². The van der Waals surface area contributed by atoms with Gasteiger partial charge in [-0.1, -0.05) is 12.1 Å². The van der Waals surface area contributed by atoms with Crippen molar-refractivity contribution in [3.8, 4) is 5.75 Å². The quantitative estimate of drug-likeness (QED) is 0.382. The molecular weight excluding hydrogens is 502 g/mol. The van der Waals surface area contributed by atoms with Crippen molar-refractivity contribution in [1.82, 2.24) is 0 Å². The Morgan fingerprint density at radius 1 is 0.897 bits per heavy atom. The molecule has 39 heavy (non-hydrogen) atoms. The lowest BCUT2D eigenvalue weighted by Crippen LogP contribution is -2.59. The molecule has 0 saturated heterocycles. The topological polar surface area (TPSA) is 122 Å². The highest BCUT2D eigenvalue weighted by molar-refractivity contribution is 6.34. The average molecular weight is 528 g/mol. The molecule has 10 heteroatoms. The van der Waals surface area contributed by atoms with E-state index in [-0.39, 0.29) is 22.6 Å². The zero-order valence-electron chi connectivity index (χ0n) is 21.5. The molecule has 0 atom stereocenters. The molecule has 3 aromatic carbocycles. The average Bonchev–Trinajstić information content (AvgIpc) is 3.17. The summed E-state index contributed by atoms with van der Waals surface area (Å²) < 4.78 is 10.7. The Morgan fingerprint density at radius 3 is 2.31 bits per heavy atom. The minimum atomic E-state index is -1.22. The van der Waals surface area contributed by atoms with E-state index in [1.807, 2.05) is 6.92 Å². The van der Waals surface area contributed by atoms with E-state index in [0.717, 1.165) is 4.90 Å². The first-order valence-electron chi connectivity index (χ1n) is 12.3. The Hall–Kier alpha value is -4.99. The number of ether oxygens (including phenoxy) is 2. The molecule has 198 valence electrons. The number of hydrogen-bond donors (Lipinski definition) is 1. The van der Waals surface area contributed by atoms with E-state index in [0.29, 0.717) is 29.4 Å². The molecule has 2 aliphatic rings. The number of carbonyl (C=O) groups excluding carboxylic acids is 5. The highest BCUT2D eigenvalue weighted by Crippen LogP contribution is 2.37. The summed E-state index contributed by atoms with van der Waals surface area (Å²) in [4.78, 5) is 67.0. The number of esters is 1. The lowest BCUT2D eigenvalue weighted by atomic mass is 9.96. The monoisotopic (exact) mass is 527 g/mol. The zero-order chi connectivity index (χ0) is 27.9. The van der Waals surface area contributed by atoms with Gasteiger partial charge in [-0.25, -0.2) is 9.69 Å². The Labute approximate surface area is 224 Å². The van der Waals surface area contributed by atoms with E-state index in [1.54, 1.807) is 62.4 Å². The van der Waals surface area contributed by atoms with Crippen molar-refractivity contribution in [3.63, 3.8) is 0 Å². The van der Waals surface area contributed by atoms with E-state index < -0.39 is 35.8 Å². The van der Waals surface area contributed by atoms with Crippen LogP contribution in [0.4, 0.5) is 17.1 Å². The van der Waals surface area contributed by atoms with E-state index in [1.165, 1.54) is 23.1 Å². The summed E-state index contributed by atoms with van der Waals surface area (Å²) in [5.41, 5.74) is 0.319. The summed E-state index contributed by atoms with van der Waals surface area (Å²) in [5.74, 6) is -2.31. The van der Waals surface area contributed by atoms with Gasteiger partial charge < -0.3 is 14.8 Å². The van der Waals surface area contributed by atoms with Gasteiger partial charge in [-0.2, -0.15) is 0 Å². The van der Waals surface area contributed by atoms with Gasteiger partial charge in [0.25, 0.3) is 17.7 Å². The number of carbonyl (C=O) groups is 5. The zero-order valence-corrected chi connectivity index (χ0v) is 21.5. The second-order valence-electron chi connectivity index (χ2n) is 9.47. The summed E-state index contributed by atoms with van der Waals surface area (Å²) in [5, 5.41) is 2.77. The maximum absolute atomic E-state index is 13.2. The van der Waals surface area contributed by atoms with Crippen LogP contribution in [-0.4, -0.2) is 48.4 Å². The lowest BCUT2D eigenvalue weighted by molar-refractivity contribution is -0.128. The Balaban J connectivity index is 1.32. The van der Waals surface area contributed by atoms with Crippen LogP contribution < -0.4 is 19.9 Å². The molecule has 2 heterocycles. The summed E-state index contributed by atoms with van der Waals surface area (Å²) in [6.07, 6.45) is 0. The smallest absolute Gasteiger partial charge is 0.338 e. The van der Waals surface area contributed by atoms with Gasteiger partial charge in [0.05, 0.1) is 40.4 Å². The molecule has 0 unspecified atom stereocenters. The number of rotatable bonds is 6. The molecule has 1 N–H and O–H groups in total. The maximum atomic E-state index is 13.2. The van der Waals surface area contributed by atoms with Crippen LogP contribution in [0.5, 0.6) is 5.75 Å². The Kier molecular flexibility index (Phi) is 6.39. The molecule has 2 aliphatic heterocycles. The van der Waals surface area contributed by atoms with E-state index >= 15 is 0 Å². The largest absolute Gasteiger partial charge is 0.494 e. The molecule has 5 rings (SSSR count). The molecule has 4 amide bonds. The maximum Gasteiger partial charge on any atom is 0.338 e. The van der Waals surface area contributed by atoms with Gasteiger partial charge >= 0.3 is 5.97 Å². The van der Waals surface area contributed by atoms with Crippen molar-refractivity contribution in [2.75, 3.05) is 28.3 Å². The van der Waals surface area contributed by atoms with Gasteiger partial charge in [0.1, 0.15) is 11.3 Å². The number of imide groups is 1. The van der Waals surface area contributed by atoms with E-state index in [9.17, 15) is 24.0 Å². The van der Waals surface area contributed by atoms with Crippen LogP contribution in [0, 0.1) is 0 Å². The van der Waals surface area contributed by atoms with Gasteiger partial charge in [0.15, 0.2) is 6.61 Å². The van der Waals surface area contributed by atoms with Crippen LogP contribution in [-0.2, 0) is 14.3 Å². The fraction of sp³-hybridized carbons (Fsp3) is 0.207. The van der Waals surface area contributed by atoms with E-state index in [4.69, 9.17) is 9.47 Å². The Bertz CT molecular complexity index is 1530. The molecule has 0 radical (unpaired) electrons. The Morgan fingerprint density at radius 2 is 1.59 bits per heavy atom. The second-order valence-corrected chi connectivity index (χ2v) is 9.47. The fourth-order valence-electron chi connectivity index (χ4n) is 4.63. The van der Waals surface area contributed by atoms with Crippen molar-refractivity contribution in [2.24, 2.45) is 0 Å². The third-order valence-electron chi connectivity index (χ3n) is 6.61. The van der Waals surface area contributed by atoms with Crippen molar-refractivity contribution >= 4 is 46.7 Å². The molecule has 0 saturated carbocycles. The number of para-hydroxylation sites is 2. The third kappa shape index (κ3) is 4.39. The van der Waals surface area contributed by atoms with Crippen molar-refractivity contribution in [2.45, 2.75) is 26.3 Å². The first kappa shape index (κ1) is 25.7. The van der Waals surface area contributed by atoms with Crippen LogP contribution in [0.2, 0.25) is 0 Å². The lowest BCUT2D eigenvalue weighted by Gasteiger charge is -2.41. The molecular formula is C29H25N3O7. The molecule has 0 spiro atoms. The van der Waals surface area contributed by atoms with Crippen LogP contribution >= 0.6 is 0 Å². The highest BCUT2D eigenvalue weighted by Gasteiger charge is 2.44. The van der Waals surface area contributed by atoms with Gasteiger partial charge in [-0.15, -0.1) is 0 Å². The number of hydrogen-bond acceptors (Lipinski definition) is 7. The van der Waals surface area contributed by atoms with Crippen LogP contribution in [0.15, 0.2) is 66.7 Å². The minimum Gasteiger partial charge on any atom is -0.494 e. The molecule has 0 bridgehead atoms. The van der Waals surface area contributed by atoms with Crippen molar-refractivity contribution in [3.05, 3.63) is 83.4 Å². The molecule has 3 aromatic rings. The van der Waals surface area contributed by atoms with Crippen LogP contribution in [0.25, 0.3) is 0 Å². The SMILES string of the molecule is CCOc1ccc(N2C(=O)c3ccc(C(=O)OCC(=O)N4c5ccccc5NC(=O)C4(C)C)cc3C2=O)cc1. The minimum absolute atomic E-state index is 0.00675. The van der Waals surface area contributed by atoms with Crippen LogP contribution in [0.3, 0.4) is 0 Å². The standard InChI is InChI=1S/C29H25N3O7/c1-4-38-19-12-10-18(11-13-19)31-25(34)20-14-9-17(15-21(20)26(31)35)27(36)39-16-24(33)32-23-8-6-5-7-22(23)30-28(37)29(32,2)3/h5-15H,4,16H2,1-3H3,(H,30,37). The molecule has 10 nitrogen and oxygen atoms in total.